The van der Waals surface area contributed by atoms with Gasteiger partial charge in [0.25, 0.3) is 5.91 Å². The first-order chi connectivity index (χ1) is 11.1. The highest BCUT2D eigenvalue weighted by Gasteiger charge is 2.34. The van der Waals surface area contributed by atoms with Crippen LogP contribution in [0.4, 0.5) is 0 Å². The summed E-state index contributed by atoms with van der Waals surface area (Å²) in [6, 6.07) is 7.30. The van der Waals surface area contributed by atoms with Crippen molar-refractivity contribution in [3.05, 3.63) is 35.6 Å². The molecule has 3 aliphatic rings. The van der Waals surface area contributed by atoms with Crippen LogP contribution in [0.1, 0.15) is 40.7 Å². The Balaban J connectivity index is 1.54. The molecule has 2 aromatic rings. The van der Waals surface area contributed by atoms with Gasteiger partial charge in [0.1, 0.15) is 5.58 Å². The molecule has 23 heavy (non-hydrogen) atoms. The van der Waals surface area contributed by atoms with Crippen LogP contribution in [0.25, 0.3) is 11.0 Å². The zero-order chi connectivity index (χ0) is 16.0. The van der Waals surface area contributed by atoms with Crippen LogP contribution in [0.5, 0.6) is 0 Å². The number of furan rings is 1. The largest absolute Gasteiger partial charge is 0.453 e. The highest BCUT2D eigenvalue weighted by atomic mass is 16.3. The summed E-state index contributed by atoms with van der Waals surface area (Å²) in [6.45, 7) is 4.74. The molecule has 3 aliphatic heterocycles. The molecule has 0 saturated carbocycles. The van der Waals surface area contributed by atoms with E-state index in [-0.39, 0.29) is 17.7 Å². The minimum atomic E-state index is -0.112. The highest BCUT2D eigenvalue weighted by molar-refractivity contribution is 6.00. The van der Waals surface area contributed by atoms with Gasteiger partial charge in [0, 0.05) is 30.5 Å². The molecule has 2 bridgehead atoms. The molecule has 1 amide bonds. The third-order valence-corrected chi connectivity index (χ3v) is 5.10. The highest BCUT2D eigenvalue weighted by Crippen LogP contribution is 2.28. The summed E-state index contributed by atoms with van der Waals surface area (Å²) < 4.78 is 5.52. The SMILES string of the molecule is CC(=O)c1cc2ccc(C(=O)N[C@H]3CN4CCC3CC4)cc2o1. The number of carbonyl (C=O) groups excluding carboxylic acids is 2. The molecule has 5 heteroatoms. The molecule has 5 nitrogen and oxygen atoms in total. The average Bonchev–Trinajstić information content (AvgIpc) is 2.99. The quantitative estimate of drug-likeness (QED) is 0.884. The molecule has 120 valence electrons. The van der Waals surface area contributed by atoms with Crippen molar-refractivity contribution in [1.29, 1.82) is 0 Å². The van der Waals surface area contributed by atoms with Crippen molar-refractivity contribution in [3.8, 4) is 0 Å². The number of Topliss-reactive ketones (excluding diaryl/α,β-unsaturated/α-hetero) is 1. The number of hydrogen-bond acceptors (Lipinski definition) is 4. The Hall–Kier alpha value is -2.14. The minimum Gasteiger partial charge on any atom is -0.453 e. The van der Waals surface area contributed by atoms with Crippen LogP contribution in [0.15, 0.2) is 28.7 Å². The van der Waals surface area contributed by atoms with Gasteiger partial charge in [0.15, 0.2) is 11.5 Å². The third-order valence-electron chi connectivity index (χ3n) is 5.10. The van der Waals surface area contributed by atoms with Crippen LogP contribution in [-0.4, -0.2) is 42.3 Å². The topological polar surface area (TPSA) is 62.6 Å². The maximum atomic E-state index is 12.5. The van der Waals surface area contributed by atoms with Crippen LogP contribution in [0.2, 0.25) is 0 Å². The van der Waals surface area contributed by atoms with Crippen molar-refractivity contribution in [3.63, 3.8) is 0 Å². The predicted molar refractivity (Wildman–Crippen MR) is 86.6 cm³/mol. The van der Waals surface area contributed by atoms with Crippen molar-refractivity contribution in [1.82, 2.24) is 10.2 Å². The molecule has 4 heterocycles. The Bertz CT molecular complexity index is 772. The Labute approximate surface area is 134 Å². The van der Waals surface area contributed by atoms with E-state index in [1.54, 1.807) is 18.2 Å². The van der Waals surface area contributed by atoms with Crippen LogP contribution in [-0.2, 0) is 0 Å². The number of ketones is 1. The summed E-state index contributed by atoms with van der Waals surface area (Å²) >= 11 is 0. The van der Waals surface area contributed by atoms with Gasteiger partial charge in [-0.25, -0.2) is 0 Å². The second-order valence-electron chi connectivity index (χ2n) is 6.64. The van der Waals surface area contributed by atoms with Crippen LogP contribution in [0, 0.1) is 5.92 Å². The van der Waals surface area contributed by atoms with Crippen LogP contribution >= 0.6 is 0 Å². The van der Waals surface area contributed by atoms with E-state index in [2.05, 4.69) is 10.2 Å². The number of fused-ring (bicyclic) bond motifs is 4. The van der Waals surface area contributed by atoms with Crippen LogP contribution < -0.4 is 5.32 Å². The van der Waals surface area contributed by atoms with Gasteiger partial charge >= 0.3 is 0 Å². The molecule has 3 fully saturated rings. The lowest BCUT2D eigenvalue weighted by Gasteiger charge is -2.44. The lowest BCUT2D eigenvalue weighted by Crippen LogP contribution is -2.57. The summed E-state index contributed by atoms with van der Waals surface area (Å²) in [7, 11) is 0. The summed E-state index contributed by atoms with van der Waals surface area (Å²) in [6.07, 6.45) is 2.34. The summed E-state index contributed by atoms with van der Waals surface area (Å²) in [5.74, 6) is 0.751. The fourth-order valence-electron chi connectivity index (χ4n) is 3.73. The van der Waals surface area contributed by atoms with Gasteiger partial charge in [-0.15, -0.1) is 0 Å². The molecule has 1 atom stereocenters. The molecular weight excluding hydrogens is 292 g/mol. The Morgan fingerprint density at radius 1 is 1.22 bits per heavy atom. The van der Waals surface area contributed by atoms with E-state index in [1.165, 1.54) is 19.8 Å². The van der Waals surface area contributed by atoms with Gasteiger partial charge in [-0.2, -0.15) is 0 Å². The molecule has 0 spiro atoms. The fraction of sp³-hybridized carbons (Fsp3) is 0.444. The minimum absolute atomic E-state index is 0.0635. The molecule has 3 saturated heterocycles. The van der Waals surface area contributed by atoms with Crippen molar-refractivity contribution in [2.24, 2.45) is 5.92 Å². The molecule has 5 rings (SSSR count). The predicted octanol–water partition coefficient (Wildman–Crippen LogP) is 2.46. The third kappa shape index (κ3) is 2.65. The maximum Gasteiger partial charge on any atom is 0.251 e. The Kier molecular flexibility index (Phi) is 3.45. The molecule has 0 aliphatic carbocycles. The van der Waals surface area contributed by atoms with Gasteiger partial charge in [0.05, 0.1) is 0 Å². The average molecular weight is 312 g/mol. The summed E-state index contributed by atoms with van der Waals surface area (Å²) in [5.41, 5.74) is 1.16. The number of hydrogen-bond donors (Lipinski definition) is 1. The number of carbonyl (C=O) groups is 2. The van der Waals surface area contributed by atoms with Crippen LogP contribution in [0.3, 0.4) is 0 Å². The number of benzene rings is 1. The molecule has 0 radical (unpaired) electrons. The number of nitrogens with zero attached hydrogens (tertiary/aromatic N) is 1. The van der Waals surface area contributed by atoms with Crippen molar-refractivity contribution >= 4 is 22.7 Å². The van der Waals surface area contributed by atoms with E-state index < -0.39 is 0 Å². The van der Waals surface area contributed by atoms with E-state index in [9.17, 15) is 9.59 Å². The molecular formula is C18H20N2O3. The second kappa shape index (κ2) is 5.49. The van der Waals surface area contributed by atoms with E-state index in [0.717, 1.165) is 25.0 Å². The zero-order valence-corrected chi connectivity index (χ0v) is 13.2. The van der Waals surface area contributed by atoms with E-state index >= 15 is 0 Å². The lowest BCUT2D eigenvalue weighted by molar-refractivity contribution is 0.0620. The summed E-state index contributed by atoms with van der Waals surface area (Å²) in [4.78, 5) is 26.3. The Morgan fingerprint density at radius 3 is 2.65 bits per heavy atom. The normalized spacial score (nSPS) is 26.4. The first kappa shape index (κ1) is 14.5. The fourth-order valence-corrected chi connectivity index (χ4v) is 3.73. The number of piperidine rings is 3. The second-order valence-corrected chi connectivity index (χ2v) is 6.64. The number of nitrogens with one attached hydrogen (secondary N) is 1. The smallest absolute Gasteiger partial charge is 0.251 e. The number of amides is 1. The van der Waals surface area contributed by atoms with Gasteiger partial charge < -0.3 is 14.6 Å². The molecule has 0 unspecified atom stereocenters. The molecule has 1 aromatic heterocycles. The molecule has 1 N–H and O–H groups in total. The lowest BCUT2D eigenvalue weighted by atomic mass is 9.84. The van der Waals surface area contributed by atoms with E-state index in [4.69, 9.17) is 4.42 Å². The van der Waals surface area contributed by atoms with E-state index in [1.807, 2.05) is 6.07 Å². The summed E-state index contributed by atoms with van der Waals surface area (Å²) in [5, 5.41) is 4.01. The van der Waals surface area contributed by atoms with Crippen molar-refractivity contribution < 1.29 is 14.0 Å². The van der Waals surface area contributed by atoms with Gasteiger partial charge in [-0.05, 0) is 50.0 Å². The van der Waals surface area contributed by atoms with Gasteiger partial charge in [-0.3, -0.25) is 9.59 Å². The van der Waals surface area contributed by atoms with Crippen molar-refractivity contribution in [2.45, 2.75) is 25.8 Å². The maximum absolute atomic E-state index is 12.5. The standard InChI is InChI=1S/C18H20N2O3/c1-11(21)16-8-13-2-3-14(9-17(13)23-16)18(22)19-15-10-20-6-4-12(15)5-7-20/h2-3,8-9,12,15H,4-7,10H2,1H3,(H,19,22)/t15-/m0/s1. The zero-order valence-electron chi connectivity index (χ0n) is 13.2. The monoisotopic (exact) mass is 312 g/mol. The van der Waals surface area contributed by atoms with Crippen molar-refractivity contribution in [2.75, 3.05) is 19.6 Å². The first-order valence-corrected chi connectivity index (χ1v) is 8.18. The first-order valence-electron chi connectivity index (χ1n) is 8.18. The van der Waals surface area contributed by atoms with Gasteiger partial charge in [0.2, 0.25) is 0 Å². The Morgan fingerprint density at radius 2 is 2.00 bits per heavy atom. The van der Waals surface area contributed by atoms with E-state index in [0.29, 0.717) is 22.8 Å². The van der Waals surface area contributed by atoms with Gasteiger partial charge in [-0.1, -0.05) is 6.07 Å². The molecule has 1 aromatic carbocycles. The number of rotatable bonds is 3.